The Kier molecular flexibility index (Phi) is 26.6. The molecule has 0 aliphatic rings. The van der Waals surface area contributed by atoms with E-state index in [0.29, 0.717) is 6.42 Å². The van der Waals surface area contributed by atoms with Crippen molar-refractivity contribution in [3.8, 4) is 0 Å². The Balaban J connectivity index is 3.24. The molecule has 0 aliphatic heterocycles. The quantitative estimate of drug-likeness (QED) is 0.112. The molecule has 0 heterocycles. The lowest BCUT2D eigenvalue weighted by molar-refractivity contribution is -0.137. The van der Waals surface area contributed by atoms with Gasteiger partial charge in [0, 0.05) is 6.42 Å². The fraction of sp³-hybridized carbons (Fsp3) is 0.767. The third-order valence-corrected chi connectivity index (χ3v) is 6.03. The van der Waals surface area contributed by atoms with Crippen molar-refractivity contribution in [1.82, 2.24) is 0 Å². The van der Waals surface area contributed by atoms with Crippen LogP contribution in [0.1, 0.15) is 148 Å². The molecular formula is C30H54O2. The molecule has 0 atom stereocenters. The van der Waals surface area contributed by atoms with Crippen molar-refractivity contribution < 1.29 is 9.90 Å². The SMILES string of the molecule is CCCCCCCCCCCCCCC=CCC=CCC=CCCCCCCCC(=O)O. The summed E-state index contributed by atoms with van der Waals surface area (Å²) in [6, 6.07) is 0. The zero-order chi connectivity index (χ0) is 23.4. The molecule has 0 bridgehead atoms. The molecular weight excluding hydrogens is 392 g/mol. The van der Waals surface area contributed by atoms with Gasteiger partial charge in [0.2, 0.25) is 0 Å². The van der Waals surface area contributed by atoms with Crippen LogP contribution in [0.5, 0.6) is 0 Å². The number of allylic oxidation sites excluding steroid dienone is 6. The highest BCUT2D eigenvalue weighted by molar-refractivity contribution is 5.66. The number of rotatable bonds is 25. The monoisotopic (exact) mass is 446 g/mol. The van der Waals surface area contributed by atoms with E-state index in [0.717, 1.165) is 38.5 Å². The normalized spacial score (nSPS) is 12.0. The van der Waals surface area contributed by atoms with Gasteiger partial charge in [-0.05, 0) is 44.9 Å². The first-order valence-electron chi connectivity index (χ1n) is 13.9. The molecule has 0 rings (SSSR count). The number of aliphatic carboxylic acids is 1. The highest BCUT2D eigenvalue weighted by atomic mass is 16.4. The predicted molar refractivity (Wildman–Crippen MR) is 142 cm³/mol. The minimum Gasteiger partial charge on any atom is -0.481 e. The first kappa shape index (κ1) is 30.7. The number of carbonyl (C=O) groups is 1. The number of hydrogen-bond donors (Lipinski definition) is 1. The van der Waals surface area contributed by atoms with Crippen molar-refractivity contribution in [2.45, 2.75) is 148 Å². The Morgan fingerprint density at radius 3 is 1.25 bits per heavy atom. The number of unbranched alkanes of at least 4 members (excludes halogenated alkanes) is 17. The molecule has 186 valence electrons. The van der Waals surface area contributed by atoms with E-state index >= 15 is 0 Å². The molecule has 0 aliphatic carbocycles. The van der Waals surface area contributed by atoms with Crippen LogP contribution in [0, 0.1) is 0 Å². The number of carboxylic acid groups (broad SMARTS) is 1. The molecule has 0 radical (unpaired) electrons. The van der Waals surface area contributed by atoms with Crippen LogP contribution >= 0.6 is 0 Å². The Bertz CT molecular complexity index is 461. The third-order valence-electron chi connectivity index (χ3n) is 6.03. The molecule has 0 spiro atoms. The summed E-state index contributed by atoms with van der Waals surface area (Å²) < 4.78 is 0. The number of carboxylic acids is 1. The van der Waals surface area contributed by atoms with Gasteiger partial charge in [-0.25, -0.2) is 0 Å². The van der Waals surface area contributed by atoms with Crippen molar-refractivity contribution in [3.05, 3.63) is 36.5 Å². The Morgan fingerprint density at radius 2 is 0.844 bits per heavy atom. The molecule has 0 unspecified atom stereocenters. The van der Waals surface area contributed by atoms with Gasteiger partial charge in [0.25, 0.3) is 0 Å². The molecule has 1 N–H and O–H groups in total. The average Bonchev–Trinajstić information content (AvgIpc) is 2.78. The molecule has 2 heteroatoms. The molecule has 0 aromatic heterocycles. The fourth-order valence-corrected chi connectivity index (χ4v) is 3.95. The van der Waals surface area contributed by atoms with Crippen LogP contribution in [0.15, 0.2) is 36.5 Å². The van der Waals surface area contributed by atoms with Gasteiger partial charge < -0.3 is 5.11 Å². The first-order valence-corrected chi connectivity index (χ1v) is 13.9. The van der Waals surface area contributed by atoms with Crippen molar-refractivity contribution in [3.63, 3.8) is 0 Å². The summed E-state index contributed by atoms with van der Waals surface area (Å²) in [6.45, 7) is 2.29. The van der Waals surface area contributed by atoms with Gasteiger partial charge in [0.15, 0.2) is 0 Å². The summed E-state index contributed by atoms with van der Waals surface area (Å²) in [4.78, 5) is 10.4. The van der Waals surface area contributed by atoms with E-state index < -0.39 is 5.97 Å². The molecule has 0 aromatic rings. The van der Waals surface area contributed by atoms with Gasteiger partial charge in [-0.1, -0.05) is 133 Å². The van der Waals surface area contributed by atoms with Crippen LogP contribution in [0.25, 0.3) is 0 Å². The van der Waals surface area contributed by atoms with Crippen molar-refractivity contribution >= 4 is 5.97 Å². The van der Waals surface area contributed by atoms with Gasteiger partial charge >= 0.3 is 5.97 Å². The standard InChI is InChI=1S/C30H54O2/c1-2-3-4-5-6-7-8-9-10-11-12-13-14-15-16-17-18-19-20-21-22-23-24-25-26-27-28-29-30(31)32/h15-16,18-19,21-22H,2-14,17,20,23-29H2,1H3,(H,31,32). The van der Waals surface area contributed by atoms with Crippen LogP contribution < -0.4 is 0 Å². The minimum absolute atomic E-state index is 0.320. The second-order valence-corrected chi connectivity index (χ2v) is 9.26. The zero-order valence-electron chi connectivity index (χ0n) is 21.4. The summed E-state index contributed by atoms with van der Waals surface area (Å²) in [7, 11) is 0. The van der Waals surface area contributed by atoms with Crippen LogP contribution in [0.2, 0.25) is 0 Å². The Hall–Kier alpha value is -1.31. The summed E-state index contributed by atoms with van der Waals surface area (Å²) >= 11 is 0. The van der Waals surface area contributed by atoms with Crippen LogP contribution in [-0.4, -0.2) is 11.1 Å². The fourth-order valence-electron chi connectivity index (χ4n) is 3.95. The van der Waals surface area contributed by atoms with Crippen molar-refractivity contribution in [2.24, 2.45) is 0 Å². The second-order valence-electron chi connectivity index (χ2n) is 9.26. The Labute approximate surface area is 200 Å². The summed E-state index contributed by atoms with van der Waals surface area (Å²) in [5.41, 5.74) is 0. The maximum atomic E-state index is 10.4. The molecule has 0 fully saturated rings. The lowest BCUT2D eigenvalue weighted by Gasteiger charge is -2.02. The number of hydrogen-bond acceptors (Lipinski definition) is 1. The lowest BCUT2D eigenvalue weighted by Crippen LogP contribution is -1.93. The van der Waals surface area contributed by atoms with Crippen LogP contribution in [-0.2, 0) is 4.79 Å². The van der Waals surface area contributed by atoms with Gasteiger partial charge in [0.05, 0.1) is 0 Å². The molecule has 0 saturated carbocycles. The van der Waals surface area contributed by atoms with E-state index in [4.69, 9.17) is 5.11 Å². The largest absolute Gasteiger partial charge is 0.481 e. The lowest BCUT2D eigenvalue weighted by atomic mass is 10.0. The van der Waals surface area contributed by atoms with Gasteiger partial charge in [-0.2, -0.15) is 0 Å². The molecule has 0 saturated heterocycles. The topological polar surface area (TPSA) is 37.3 Å². The smallest absolute Gasteiger partial charge is 0.303 e. The predicted octanol–water partition coefficient (Wildman–Crippen LogP) is 10.3. The van der Waals surface area contributed by atoms with E-state index in [-0.39, 0.29) is 0 Å². The summed E-state index contributed by atoms with van der Waals surface area (Å²) in [5.74, 6) is -0.670. The van der Waals surface area contributed by atoms with Crippen molar-refractivity contribution in [2.75, 3.05) is 0 Å². The van der Waals surface area contributed by atoms with E-state index in [2.05, 4.69) is 43.4 Å². The maximum absolute atomic E-state index is 10.4. The van der Waals surface area contributed by atoms with Gasteiger partial charge in [-0.15, -0.1) is 0 Å². The average molecular weight is 447 g/mol. The van der Waals surface area contributed by atoms with E-state index in [1.54, 1.807) is 0 Å². The van der Waals surface area contributed by atoms with Crippen molar-refractivity contribution in [1.29, 1.82) is 0 Å². The van der Waals surface area contributed by atoms with E-state index in [1.165, 1.54) is 96.3 Å². The maximum Gasteiger partial charge on any atom is 0.303 e. The zero-order valence-corrected chi connectivity index (χ0v) is 21.4. The molecule has 2 nitrogen and oxygen atoms in total. The van der Waals surface area contributed by atoms with Crippen LogP contribution in [0.4, 0.5) is 0 Å². The highest BCUT2D eigenvalue weighted by Gasteiger charge is 1.96. The molecule has 32 heavy (non-hydrogen) atoms. The van der Waals surface area contributed by atoms with Crippen LogP contribution in [0.3, 0.4) is 0 Å². The van der Waals surface area contributed by atoms with Gasteiger partial charge in [-0.3, -0.25) is 4.79 Å². The molecule has 0 aromatic carbocycles. The molecule has 0 amide bonds. The van der Waals surface area contributed by atoms with E-state index in [1.807, 2.05) is 0 Å². The van der Waals surface area contributed by atoms with E-state index in [9.17, 15) is 4.79 Å². The van der Waals surface area contributed by atoms with Gasteiger partial charge in [0.1, 0.15) is 0 Å². The third kappa shape index (κ3) is 28.7. The summed E-state index contributed by atoms with van der Waals surface area (Å²) in [6.07, 6.45) is 41.0. The first-order chi connectivity index (χ1) is 15.8. The minimum atomic E-state index is -0.670. The second kappa shape index (κ2) is 27.7. The highest BCUT2D eigenvalue weighted by Crippen LogP contribution is 2.12. The Morgan fingerprint density at radius 1 is 0.500 bits per heavy atom. The summed E-state index contributed by atoms with van der Waals surface area (Å²) in [5, 5.41) is 8.59.